The van der Waals surface area contributed by atoms with Crippen molar-refractivity contribution in [2.24, 2.45) is 40.9 Å². The summed E-state index contributed by atoms with van der Waals surface area (Å²) in [6, 6.07) is 0. The molecule has 0 N–H and O–H groups in total. The number of ether oxygens (including phenoxy) is 4. The van der Waals surface area contributed by atoms with Crippen LogP contribution >= 0.6 is 0 Å². The maximum atomic E-state index is 12.6. The molecule has 1 saturated carbocycles. The average molecular weight is 362 g/mol. The maximum Gasteiger partial charge on any atom is 0.323 e. The van der Waals surface area contributed by atoms with Gasteiger partial charge in [-0.3, -0.25) is 9.59 Å². The van der Waals surface area contributed by atoms with Crippen LogP contribution < -0.4 is 0 Å². The van der Waals surface area contributed by atoms with Crippen molar-refractivity contribution in [3.8, 4) is 0 Å². The maximum absolute atomic E-state index is 12.6. The highest BCUT2D eigenvalue weighted by molar-refractivity contribution is 6.00. The van der Waals surface area contributed by atoms with Gasteiger partial charge in [0.2, 0.25) is 0 Å². The zero-order chi connectivity index (χ0) is 18.1. The van der Waals surface area contributed by atoms with Crippen molar-refractivity contribution >= 4 is 11.9 Å². The van der Waals surface area contributed by atoms with E-state index >= 15 is 0 Å². The van der Waals surface area contributed by atoms with E-state index in [0.29, 0.717) is 48.3 Å². The van der Waals surface area contributed by atoms with E-state index in [1.807, 2.05) is 0 Å². The van der Waals surface area contributed by atoms with E-state index in [1.165, 1.54) is 25.4 Å². The molecule has 4 atom stereocenters. The van der Waals surface area contributed by atoms with Gasteiger partial charge in [0.1, 0.15) is 0 Å². The highest BCUT2D eigenvalue weighted by atomic mass is 16.5. The molecule has 6 aliphatic rings. The van der Waals surface area contributed by atoms with Gasteiger partial charge in [0.05, 0.1) is 40.6 Å². The van der Waals surface area contributed by atoms with Crippen LogP contribution in [-0.4, -0.2) is 52.6 Å². The number of methoxy groups -OCH3 is 2. The Morgan fingerprint density at radius 1 is 0.846 bits per heavy atom. The molecule has 0 aromatic rings. The quantitative estimate of drug-likeness (QED) is 0.422. The highest BCUT2D eigenvalue weighted by Crippen LogP contribution is 2.64. The lowest BCUT2D eigenvalue weighted by molar-refractivity contribution is -0.170. The fourth-order valence-corrected chi connectivity index (χ4v) is 6.89. The summed E-state index contributed by atoms with van der Waals surface area (Å²) in [5.74, 6) is 2.07. The first-order valence-electron chi connectivity index (χ1n) is 9.66. The largest absolute Gasteiger partial charge is 0.468 e. The summed E-state index contributed by atoms with van der Waals surface area (Å²) in [4.78, 5) is 25.3. The molecule has 26 heavy (non-hydrogen) atoms. The summed E-state index contributed by atoms with van der Waals surface area (Å²) in [6.07, 6.45) is 1.69. The topological polar surface area (TPSA) is 71.1 Å². The van der Waals surface area contributed by atoms with Crippen LogP contribution in [0.5, 0.6) is 0 Å². The number of rotatable bonds is 2. The number of carbonyl (C=O) groups is 2. The Morgan fingerprint density at radius 3 is 1.77 bits per heavy atom. The van der Waals surface area contributed by atoms with Crippen LogP contribution in [0.15, 0.2) is 11.1 Å². The first-order valence-corrected chi connectivity index (χ1v) is 9.66. The van der Waals surface area contributed by atoms with E-state index in [-0.39, 0.29) is 0 Å². The molecular weight excluding hydrogens is 336 g/mol. The molecule has 2 bridgehead atoms. The van der Waals surface area contributed by atoms with E-state index in [0.717, 1.165) is 32.8 Å². The van der Waals surface area contributed by atoms with Crippen molar-refractivity contribution in [3.63, 3.8) is 0 Å². The predicted molar refractivity (Wildman–Crippen MR) is 89.9 cm³/mol. The van der Waals surface area contributed by atoms with Crippen molar-refractivity contribution in [2.45, 2.75) is 19.3 Å². The molecule has 4 unspecified atom stereocenters. The van der Waals surface area contributed by atoms with Gasteiger partial charge in [-0.05, 0) is 54.8 Å². The van der Waals surface area contributed by atoms with Crippen molar-refractivity contribution < 1.29 is 28.5 Å². The molecule has 6 rings (SSSR count). The van der Waals surface area contributed by atoms with E-state index in [1.54, 1.807) is 0 Å². The average Bonchev–Trinajstić information content (AvgIpc) is 3.35. The third-order valence-electron chi connectivity index (χ3n) is 7.87. The Morgan fingerprint density at radius 2 is 1.31 bits per heavy atom. The Bertz CT molecular complexity index is 644. The molecule has 2 heterocycles. The van der Waals surface area contributed by atoms with Gasteiger partial charge in [0, 0.05) is 0 Å². The second kappa shape index (κ2) is 5.80. The molecule has 2 aliphatic heterocycles. The van der Waals surface area contributed by atoms with Gasteiger partial charge in [0.15, 0.2) is 5.41 Å². The van der Waals surface area contributed by atoms with Crippen LogP contribution in [0.25, 0.3) is 0 Å². The van der Waals surface area contributed by atoms with Crippen molar-refractivity contribution in [1.29, 1.82) is 0 Å². The fraction of sp³-hybridized carbons (Fsp3) is 0.800. The molecule has 6 heteroatoms. The van der Waals surface area contributed by atoms with Crippen LogP contribution in [0, 0.1) is 40.9 Å². The van der Waals surface area contributed by atoms with Crippen LogP contribution in [0.3, 0.4) is 0 Å². The summed E-state index contributed by atoms with van der Waals surface area (Å²) in [5, 5.41) is 0. The zero-order valence-electron chi connectivity index (χ0n) is 15.4. The highest BCUT2D eigenvalue weighted by Gasteiger charge is 2.63. The molecule has 4 aliphatic carbocycles. The second-order valence-electron chi connectivity index (χ2n) is 8.57. The zero-order valence-corrected chi connectivity index (χ0v) is 15.4. The monoisotopic (exact) mass is 362 g/mol. The summed E-state index contributed by atoms with van der Waals surface area (Å²) < 4.78 is 21.8. The Balaban J connectivity index is 1.59. The molecule has 0 aromatic heterocycles. The van der Waals surface area contributed by atoms with Gasteiger partial charge in [-0.1, -0.05) is 11.1 Å². The Hall–Kier alpha value is -1.40. The Labute approximate surface area is 153 Å². The van der Waals surface area contributed by atoms with Crippen LogP contribution in [0.1, 0.15) is 19.3 Å². The number of hydrogen-bond acceptors (Lipinski definition) is 6. The van der Waals surface area contributed by atoms with Gasteiger partial charge in [-0.2, -0.15) is 0 Å². The predicted octanol–water partition coefficient (Wildman–Crippen LogP) is 1.58. The van der Waals surface area contributed by atoms with E-state index in [2.05, 4.69) is 0 Å². The standard InChI is InChI=1S/C20H26O6/c1-23-18(21)20(19(22)24-2)4-3-10-11(5-20)17-14-8-25-6-12(14)16(10)13-7-26-9-15(13)17/h12-17H,3-9H2,1-2H3. The van der Waals surface area contributed by atoms with E-state index in [4.69, 9.17) is 18.9 Å². The smallest absolute Gasteiger partial charge is 0.323 e. The molecule has 142 valence electrons. The molecule has 0 amide bonds. The minimum absolute atomic E-state index is 0.365. The lowest BCUT2D eigenvalue weighted by Crippen LogP contribution is -2.55. The fourth-order valence-electron chi connectivity index (χ4n) is 6.89. The summed E-state index contributed by atoms with van der Waals surface area (Å²) in [6.45, 7) is 3.25. The summed E-state index contributed by atoms with van der Waals surface area (Å²) in [5.41, 5.74) is 1.61. The molecule has 0 radical (unpaired) electrons. The van der Waals surface area contributed by atoms with Crippen molar-refractivity contribution in [2.75, 3.05) is 40.6 Å². The number of esters is 2. The van der Waals surface area contributed by atoms with Gasteiger partial charge < -0.3 is 18.9 Å². The van der Waals surface area contributed by atoms with Gasteiger partial charge in [0.25, 0.3) is 0 Å². The molecular formula is C20H26O6. The lowest BCUT2D eigenvalue weighted by Gasteiger charge is -2.56. The number of carbonyl (C=O) groups excluding carboxylic acids is 2. The van der Waals surface area contributed by atoms with Gasteiger partial charge in [-0.25, -0.2) is 0 Å². The minimum Gasteiger partial charge on any atom is -0.468 e. The van der Waals surface area contributed by atoms with Gasteiger partial charge >= 0.3 is 11.9 Å². The van der Waals surface area contributed by atoms with Gasteiger partial charge in [-0.15, -0.1) is 0 Å². The molecule has 6 nitrogen and oxygen atoms in total. The third-order valence-corrected chi connectivity index (χ3v) is 7.87. The number of hydrogen-bond donors (Lipinski definition) is 0. The van der Waals surface area contributed by atoms with Crippen molar-refractivity contribution in [1.82, 2.24) is 0 Å². The SMILES string of the molecule is COC(=O)C1(C(=O)OC)CCC2=C(C1)C1C3COCC3C2C2COCC21. The molecule has 0 aromatic carbocycles. The lowest BCUT2D eigenvalue weighted by atomic mass is 9.46. The molecule has 0 spiro atoms. The summed E-state index contributed by atoms with van der Waals surface area (Å²) in [7, 11) is 2.71. The number of allylic oxidation sites excluding steroid dienone is 2. The van der Waals surface area contributed by atoms with Crippen molar-refractivity contribution in [3.05, 3.63) is 11.1 Å². The second-order valence-corrected chi connectivity index (χ2v) is 8.57. The van der Waals surface area contributed by atoms with Crippen LogP contribution in [0.4, 0.5) is 0 Å². The minimum atomic E-state index is -1.19. The third kappa shape index (κ3) is 1.95. The van der Waals surface area contributed by atoms with E-state index in [9.17, 15) is 9.59 Å². The first kappa shape index (κ1) is 16.8. The molecule has 3 fully saturated rings. The van der Waals surface area contributed by atoms with Crippen LogP contribution in [-0.2, 0) is 28.5 Å². The van der Waals surface area contributed by atoms with Crippen LogP contribution in [0.2, 0.25) is 0 Å². The Kier molecular flexibility index (Phi) is 3.73. The normalized spacial score (nSPS) is 42.1. The first-order chi connectivity index (χ1) is 12.6. The molecule has 2 saturated heterocycles. The summed E-state index contributed by atoms with van der Waals surface area (Å²) >= 11 is 0. The van der Waals surface area contributed by atoms with E-state index < -0.39 is 17.4 Å².